The molecule has 0 spiro atoms. The Morgan fingerprint density at radius 2 is 2.16 bits per heavy atom. The van der Waals surface area contributed by atoms with Crippen molar-refractivity contribution in [1.82, 2.24) is 5.32 Å². The molecule has 106 valence electrons. The molecule has 0 aromatic heterocycles. The minimum absolute atomic E-state index is 0.126. The maximum atomic E-state index is 10.8. The van der Waals surface area contributed by atoms with E-state index in [1.165, 1.54) is 6.07 Å². The van der Waals surface area contributed by atoms with Crippen LogP contribution in [0.3, 0.4) is 0 Å². The molecular formula is C14H22N2O2S. The minimum Gasteiger partial charge on any atom is -0.308 e. The number of hydrogen-bond acceptors (Lipinski definition) is 4. The van der Waals surface area contributed by atoms with Crippen LogP contribution < -0.4 is 5.32 Å². The zero-order valence-electron chi connectivity index (χ0n) is 11.8. The van der Waals surface area contributed by atoms with Gasteiger partial charge in [-0.15, -0.1) is 0 Å². The Morgan fingerprint density at radius 1 is 1.42 bits per heavy atom. The predicted molar refractivity (Wildman–Crippen MR) is 81.7 cm³/mol. The summed E-state index contributed by atoms with van der Waals surface area (Å²) >= 11 is 1.94. The molecule has 0 aliphatic rings. The van der Waals surface area contributed by atoms with Gasteiger partial charge in [-0.1, -0.05) is 19.1 Å². The Bertz CT molecular complexity index is 412. The second-order valence-corrected chi connectivity index (χ2v) is 6.02. The van der Waals surface area contributed by atoms with E-state index in [0.717, 1.165) is 23.5 Å². The summed E-state index contributed by atoms with van der Waals surface area (Å²) in [5.74, 6) is 2.29. The second-order valence-electron chi connectivity index (χ2n) is 4.63. The highest BCUT2D eigenvalue weighted by atomic mass is 32.2. The van der Waals surface area contributed by atoms with E-state index in [2.05, 4.69) is 19.2 Å². The van der Waals surface area contributed by atoms with Crippen molar-refractivity contribution in [3.8, 4) is 0 Å². The summed E-state index contributed by atoms with van der Waals surface area (Å²) in [6, 6.07) is 7.37. The van der Waals surface area contributed by atoms with Crippen molar-refractivity contribution in [2.75, 3.05) is 11.5 Å². The molecule has 0 amide bonds. The number of nitrogens with one attached hydrogen (secondary N) is 1. The number of thioether (sulfide) groups is 1. The highest BCUT2D eigenvalue weighted by Crippen LogP contribution is 2.19. The van der Waals surface area contributed by atoms with Crippen LogP contribution >= 0.6 is 11.8 Å². The lowest BCUT2D eigenvalue weighted by Gasteiger charge is -2.20. The van der Waals surface area contributed by atoms with E-state index in [9.17, 15) is 10.1 Å². The maximum absolute atomic E-state index is 10.8. The van der Waals surface area contributed by atoms with Crippen molar-refractivity contribution < 1.29 is 4.92 Å². The average molecular weight is 282 g/mol. The van der Waals surface area contributed by atoms with Crippen LogP contribution in [0.1, 0.15) is 38.8 Å². The van der Waals surface area contributed by atoms with E-state index in [1.54, 1.807) is 12.1 Å². The standard InChI is InChI=1S/C14H22N2O2S/c1-4-19-9-8-11(2)15-12(3)13-6-5-7-14(10-13)16(17)18/h5-7,10-12,15H,4,8-9H2,1-3H3. The molecule has 0 bridgehead atoms. The Kier molecular flexibility index (Phi) is 6.87. The third-order valence-corrected chi connectivity index (χ3v) is 3.95. The molecule has 0 saturated carbocycles. The Balaban J connectivity index is 2.55. The second kappa shape index (κ2) is 8.17. The quantitative estimate of drug-likeness (QED) is 0.448. The topological polar surface area (TPSA) is 55.2 Å². The summed E-state index contributed by atoms with van der Waals surface area (Å²) in [7, 11) is 0. The van der Waals surface area contributed by atoms with Crippen LogP contribution in [-0.4, -0.2) is 22.5 Å². The first-order valence-electron chi connectivity index (χ1n) is 6.62. The number of nitro groups is 1. The van der Waals surface area contributed by atoms with Crippen molar-refractivity contribution in [2.24, 2.45) is 0 Å². The van der Waals surface area contributed by atoms with Gasteiger partial charge in [-0.25, -0.2) is 0 Å². The fourth-order valence-electron chi connectivity index (χ4n) is 1.92. The van der Waals surface area contributed by atoms with E-state index < -0.39 is 0 Å². The summed E-state index contributed by atoms with van der Waals surface area (Å²) < 4.78 is 0. The van der Waals surface area contributed by atoms with Gasteiger partial charge in [0, 0.05) is 24.2 Å². The first kappa shape index (κ1) is 16.0. The molecule has 0 aliphatic heterocycles. The Hall–Kier alpha value is -1.07. The van der Waals surface area contributed by atoms with Crippen LogP contribution in [0.15, 0.2) is 24.3 Å². The summed E-state index contributed by atoms with van der Waals surface area (Å²) in [6.07, 6.45) is 1.11. The number of rotatable bonds is 8. The molecular weight excluding hydrogens is 260 g/mol. The van der Waals surface area contributed by atoms with Gasteiger partial charge in [-0.3, -0.25) is 10.1 Å². The molecule has 1 rings (SSSR count). The molecule has 4 nitrogen and oxygen atoms in total. The SMILES string of the molecule is CCSCCC(C)NC(C)c1cccc([N+](=O)[O-])c1. The van der Waals surface area contributed by atoms with Crippen LogP contribution in [0.5, 0.6) is 0 Å². The number of nitro benzene ring substituents is 1. The lowest BCUT2D eigenvalue weighted by Crippen LogP contribution is -2.29. The zero-order valence-corrected chi connectivity index (χ0v) is 12.6. The van der Waals surface area contributed by atoms with Crippen molar-refractivity contribution in [3.05, 3.63) is 39.9 Å². The average Bonchev–Trinajstić information content (AvgIpc) is 2.39. The van der Waals surface area contributed by atoms with Crippen LogP contribution in [0, 0.1) is 10.1 Å². The zero-order chi connectivity index (χ0) is 14.3. The van der Waals surface area contributed by atoms with Crippen LogP contribution in [0.25, 0.3) is 0 Å². The van der Waals surface area contributed by atoms with Crippen molar-refractivity contribution in [3.63, 3.8) is 0 Å². The van der Waals surface area contributed by atoms with E-state index in [-0.39, 0.29) is 16.7 Å². The molecule has 1 N–H and O–H groups in total. The normalized spacial score (nSPS) is 14.1. The van der Waals surface area contributed by atoms with E-state index in [4.69, 9.17) is 0 Å². The smallest absolute Gasteiger partial charge is 0.269 e. The maximum Gasteiger partial charge on any atom is 0.269 e. The summed E-state index contributed by atoms with van der Waals surface area (Å²) in [6.45, 7) is 6.36. The first-order chi connectivity index (χ1) is 9.04. The van der Waals surface area contributed by atoms with Gasteiger partial charge in [0.15, 0.2) is 0 Å². The Labute approximate surface area is 119 Å². The lowest BCUT2D eigenvalue weighted by molar-refractivity contribution is -0.384. The Morgan fingerprint density at radius 3 is 2.79 bits per heavy atom. The number of hydrogen-bond donors (Lipinski definition) is 1. The van der Waals surface area contributed by atoms with Gasteiger partial charge < -0.3 is 5.32 Å². The van der Waals surface area contributed by atoms with Gasteiger partial charge in [0.1, 0.15) is 0 Å². The molecule has 0 saturated heterocycles. The monoisotopic (exact) mass is 282 g/mol. The van der Waals surface area contributed by atoms with Gasteiger partial charge in [0.25, 0.3) is 5.69 Å². The highest BCUT2D eigenvalue weighted by Gasteiger charge is 2.12. The number of nitrogens with zero attached hydrogens (tertiary/aromatic N) is 1. The van der Waals surface area contributed by atoms with Crippen LogP contribution in [0.4, 0.5) is 5.69 Å². The van der Waals surface area contributed by atoms with Crippen LogP contribution in [0.2, 0.25) is 0 Å². The van der Waals surface area contributed by atoms with E-state index in [0.29, 0.717) is 6.04 Å². The van der Waals surface area contributed by atoms with Crippen molar-refractivity contribution in [2.45, 2.75) is 39.3 Å². The molecule has 0 fully saturated rings. The molecule has 2 unspecified atom stereocenters. The largest absolute Gasteiger partial charge is 0.308 e. The molecule has 2 atom stereocenters. The van der Waals surface area contributed by atoms with Gasteiger partial charge >= 0.3 is 0 Å². The minimum atomic E-state index is -0.350. The molecule has 0 heterocycles. The third-order valence-electron chi connectivity index (χ3n) is 3.01. The number of non-ortho nitro benzene ring substituents is 1. The van der Waals surface area contributed by atoms with E-state index >= 15 is 0 Å². The van der Waals surface area contributed by atoms with Gasteiger partial charge in [0.2, 0.25) is 0 Å². The van der Waals surface area contributed by atoms with Crippen molar-refractivity contribution >= 4 is 17.4 Å². The predicted octanol–water partition coefficient (Wildman–Crippen LogP) is 3.78. The van der Waals surface area contributed by atoms with Gasteiger partial charge in [-0.2, -0.15) is 11.8 Å². The fraction of sp³-hybridized carbons (Fsp3) is 0.571. The summed E-state index contributed by atoms with van der Waals surface area (Å²) in [5.41, 5.74) is 1.12. The van der Waals surface area contributed by atoms with Gasteiger partial charge in [0.05, 0.1) is 4.92 Å². The highest BCUT2D eigenvalue weighted by molar-refractivity contribution is 7.99. The molecule has 1 aromatic rings. The molecule has 19 heavy (non-hydrogen) atoms. The molecule has 1 aromatic carbocycles. The molecule has 5 heteroatoms. The molecule has 0 radical (unpaired) electrons. The summed E-state index contributed by atoms with van der Waals surface area (Å²) in [5, 5.41) is 14.2. The lowest BCUT2D eigenvalue weighted by atomic mass is 10.1. The fourth-order valence-corrected chi connectivity index (χ4v) is 2.73. The number of benzene rings is 1. The summed E-state index contributed by atoms with van der Waals surface area (Å²) in [4.78, 5) is 10.4. The third kappa shape index (κ3) is 5.61. The van der Waals surface area contributed by atoms with Crippen molar-refractivity contribution in [1.29, 1.82) is 0 Å². The first-order valence-corrected chi connectivity index (χ1v) is 7.78. The van der Waals surface area contributed by atoms with Gasteiger partial charge in [-0.05, 0) is 37.3 Å². The van der Waals surface area contributed by atoms with Crippen LogP contribution in [-0.2, 0) is 0 Å². The molecule has 0 aliphatic carbocycles. The van der Waals surface area contributed by atoms with E-state index in [1.807, 2.05) is 24.8 Å².